The van der Waals surface area contributed by atoms with E-state index in [1.165, 1.54) is 0 Å². The molecular formula is C29H31ClN4O2. The van der Waals surface area contributed by atoms with Gasteiger partial charge in [0.25, 0.3) is 5.91 Å². The Morgan fingerprint density at radius 2 is 1.67 bits per heavy atom. The van der Waals surface area contributed by atoms with Gasteiger partial charge in [-0.25, -0.2) is 4.98 Å². The lowest BCUT2D eigenvalue weighted by Crippen LogP contribution is -2.38. The maximum atomic E-state index is 13.5. The number of carbonyl (C=O) groups is 2. The van der Waals surface area contributed by atoms with E-state index < -0.39 is 0 Å². The zero-order valence-corrected chi connectivity index (χ0v) is 21.4. The molecule has 0 saturated carbocycles. The zero-order valence-electron chi connectivity index (χ0n) is 20.7. The van der Waals surface area contributed by atoms with Gasteiger partial charge in [-0.15, -0.1) is 0 Å². The van der Waals surface area contributed by atoms with E-state index in [4.69, 9.17) is 16.6 Å². The van der Waals surface area contributed by atoms with Crippen LogP contribution in [0.5, 0.6) is 0 Å². The summed E-state index contributed by atoms with van der Waals surface area (Å²) in [5.74, 6) is 0.683. The summed E-state index contributed by atoms with van der Waals surface area (Å²) in [6.45, 7) is 5.33. The van der Waals surface area contributed by atoms with Gasteiger partial charge in [-0.2, -0.15) is 0 Å². The lowest BCUT2D eigenvalue weighted by atomic mass is 10.2. The summed E-state index contributed by atoms with van der Waals surface area (Å²) in [5.41, 5.74) is 3.36. The molecule has 0 aliphatic carbocycles. The molecular weight excluding hydrogens is 472 g/mol. The van der Waals surface area contributed by atoms with Crippen LogP contribution in [0.25, 0.3) is 11.0 Å². The summed E-state index contributed by atoms with van der Waals surface area (Å²) >= 11 is 6.13. The molecule has 0 atom stereocenters. The molecule has 2 amide bonds. The highest BCUT2D eigenvalue weighted by Gasteiger charge is 2.21. The summed E-state index contributed by atoms with van der Waals surface area (Å²) in [7, 11) is 0. The van der Waals surface area contributed by atoms with Crippen molar-refractivity contribution in [3.63, 3.8) is 0 Å². The Kier molecular flexibility index (Phi) is 8.39. The van der Waals surface area contributed by atoms with E-state index >= 15 is 0 Å². The monoisotopic (exact) mass is 502 g/mol. The topological polar surface area (TPSA) is 67.2 Å². The van der Waals surface area contributed by atoms with E-state index in [0.717, 1.165) is 22.4 Å². The fourth-order valence-corrected chi connectivity index (χ4v) is 4.47. The number of benzene rings is 3. The van der Waals surface area contributed by atoms with Crippen LogP contribution in [-0.4, -0.2) is 38.9 Å². The van der Waals surface area contributed by atoms with Crippen LogP contribution in [0.15, 0.2) is 78.9 Å². The third kappa shape index (κ3) is 6.13. The predicted molar refractivity (Wildman–Crippen MR) is 144 cm³/mol. The summed E-state index contributed by atoms with van der Waals surface area (Å²) in [6, 6.07) is 25.0. The van der Waals surface area contributed by atoms with Gasteiger partial charge in [0.05, 0.1) is 21.6 Å². The molecule has 1 heterocycles. The van der Waals surface area contributed by atoms with Crippen LogP contribution in [0.4, 0.5) is 0 Å². The number of aromatic nitrogens is 2. The van der Waals surface area contributed by atoms with Crippen molar-refractivity contribution in [3.05, 3.63) is 101 Å². The van der Waals surface area contributed by atoms with Crippen LogP contribution in [0, 0.1) is 0 Å². The van der Waals surface area contributed by atoms with E-state index in [2.05, 4.69) is 5.32 Å². The first-order chi connectivity index (χ1) is 17.4. The van der Waals surface area contributed by atoms with Crippen molar-refractivity contribution in [2.75, 3.05) is 6.54 Å². The van der Waals surface area contributed by atoms with Crippen molar-refractivity contribution >= 4 is 34.4 Å². The molecule has 3 aromatic carbocycles. The Morgan fingerprint density at radius 3 is 2.42 bits per heavy atom. The van der Waals surface area contributed by atoms with Gasteiger partial charge in [-0.05, 0) is 50.1 Å². The number of imidazole rings is 1. The average Bonchev–Trinajstić information content (AvgIpc) is 3.22. The van der Waals surface area contributed by atoms with Gasteiger partial charge in [0.15, 0.2) is 0 Å². The number of rotatable bonds is 10. The van der Waals surface area contributed by atoms with Crippen LogP contribution in [-0.2, 0) is 24.3 Å². The number of hydrogen-bond donors (Lipinski definition) is 1. The van der Waals surface area contributed by atoms with Crippen molar-refractivity contribution in [2.45, 2.75) is 45.8 Å². The highest BCUT2D eigenvalue weighted by Crippen LogP contribution is 2.19. The van der Waals surface area contributed by atoms with Crippen molar-refractivity contribution in [1.29, 1.82) is 0 Å². The number of nitrogens with one attached hydrogen (secondary N) is 1. The van der Waals surface area contributed by atoms with Crippen molar-refractivity contribution in [3.8, 4) is 0 Å². The maximum Gasteiger partial charge on any atom is 0.252 e. The van der Waals surface area contributed by atoms with Gasteiger partial charge in [0.1, 0.15) is 12.4 Å². The van der Waals surface area contributed by atoms with Gasteiger partial charge in [0, 0.05) is 25.6 Å². The van der Waals surface area contributed by atoms with Crippen LogP contribution < -0.4 is 5.32 Å². The number of hydrogen-bond acceptors (Lipinski definition) is 3. The first-order valence-electron chi connectivity index (χ1n) is 12.2. The standard InChI is InChI=1S/C29H31ClN4O2/c1-21(2)33(19-22-11-4-3-5-12-22)28(35)20-34-26-16-9-8-15-25(26)32-27(34)17-10-18-31-29(36)23-13-6-7-14-24(23)30/h3-9,11-16,21H,10,17-20H2,1-2H3,(H,31,36). The van der Waals surface area contributed by atoms with E-state index in [0.29, 0.717) is 36.5 Å². The summed E-state index contributed by atoms with van der Waals surface area (Å²) in [4.78, 5) is 32.6. The van der Waals surface area contributed by atoms with Gasteiger partial charge in [-0.1, -0.05) is 66.2 Å². The Labute approximate surface area is 216 Å². The maximum absolute atomic E-state index is 13.5. The Hall–Kier alpha value is -3.64. The van der Waals surface area contributed by atoms with E-state index in [9.17, 15) is 9.59 Å². The molecule has 0 fully saturated rings. The van der Waals surface area contributed by atoms with E-state index in [-0.39, 0.29) is 24.4 Å². The lowest BCUT2D eigenvalue weighted by molar-refractivity contribution is -0.134. The molecule has 7 heteroatoms. The minimum atomic E-state index is -0.197. The number of aryl methyl sites for hydroxylation is 1. The highest BCUT2D eigenvalue weighted by atomic mass is 35.5. The molecule has 0 aliphatic rings. The number of amides is 2. The van der Waals surface area contributed by atoms with Gasteiger partial charge < -0.3 is 14.8 Å². The third-order valence-electron chi connectivity index (χ3n) is 6.15. The first-order valence-corrected chi connectivity index (χ1v) is 12.6. The van der Waals surface area contributed by atoms with Crippen LogP contribution in [0.2, 0.25) is 5.02 Å². The van der Waals surface area contributed by atoms with E-state index in [1.807, 2.05) is 77.9 Å². The molecule has 36 heavy (non-hydrogen) atoms. The smallest absolute Gasteiger partial charge is 0.252 e. The zero-order chi connectivity index (χ0) is 25.5. The Balaban J connectivity index is 1.46. The Bertz CT molecular complexity index is 1330. The summed E-state index contributed by atoms with van der Waals surface area (Å²) in [5, 5.41) is 3.36. The number of nitrogens with zero attached hydrogens (tertiary/aromatic N) is 3. The minimum Gasteiger partial charge on any atom is -0.352 e. The lowest BCUT2D eigenvalue weighted by Gasteiger charge is -2.27. The number of carbonyl (C=O) groups excluding carboxylic acids is 2. The quantitative estimate of drug-likeness (QED) is 0.291. The molecule has 0 unspecified atom stereocenters. The van der Waals surface area contributed by atoms with Crippen molar-refractivity contribution in [1.82, 2.24) is 19.8 Å². The molecule has 0 bridgehead atoms. The minimum absolute atomic E-state index is 0.0466. The molecule has 1 aromatic heterocycles. The predicted octanol–water partition coefficient (Wildman–Crippen LogP) is 5.49. The summed E-state index contributed by atoms with van der Waals surface area (Å²) < 4.78 is 2.01. The fraction of sp³-hybridized carbons (Fsp3) is 0.276. The molecule has 186 valence electrons. The average molecular weight is 503 g/mol. The molecule has 0 saturated heterocycles. The van der Waals surface area contributed by atoms with Gasteiger partial charge in [0.2, 0.25) is 5.91 Å². The molecule has 0 radical (unpaired) electrons. The third-order valence-corrected chi connectivity index (χ3v) is 6.48. The number of para-hydroxylation sites is 2. The SMILES string of the molecule is CC(C)N(Cc1ccccc1)C(=O)Cn1c(CCCNC(=O)c2ccccc2Cl)nc2ccccc21. The van der Waals surface area contributed by atoms with E-state index in [1.54, 1.807) is 24.3 Å². The summed E-state index contributed by atoms with van der Waals surface area (Å²) in [6.07, 6.45) is 1.32. The molecule has 1 N–H and O–H groups in total. The molecule has 4 aromatic rings. The van der Waals surface area contributed by atoms with Crippen LogP contribution in [0.3, 0.4) is 0 Å². The number of fused-ring (bicyclic) bond motifs is 1. The molecule has 0 aliphatic heterocycles. The Morgan fingerprint density at radius 1 is 0.972 bits per heavy atom. The second kappa shape index (κ2) is 11.9. The highest BCUT2D eigenvalue weighted by molar-refractivity contribution is 6.33. The molecule has 6 nitrogen and oxygen atoms in total. The second-order valence-electron chi connectivity index (χ2n) is 9.04. The van der Waals surface area contributed by atoms with Gasteiger partial charge in [-0.3, -0.25) is 9.59 Å². The number of halogens is 1. The van der Waals surface area contributed by atoms with Crippen LogP contribution >= 0.6 is 11.6 Å². The first kappa shape index (κ1) is 25.5. The van der Waals surface area contributed by atoms with Crippen molar-refractivity contribution < 1.29 is 9.59 Å². The largest absolute Gasteiger partial charge is 0.352 e. The normalized spacial score (nSPS) is 11.1. The second-order valence-corrected chi connectivity index (χ2v) is 9.45. The molecule has 4 rings (SSSR count). The molecule has 0 spiro atoms. The van der Waals surface area contributed by atoms with Crippen molar-refractivity contribution in [2.24, 2.45) is 0 Å². The van der Waals surface area contributed by atoms with Gasteiger partial charge >= 0.3 is 0 Å². The van der Waals surface area contributed by atoms with Crippen LogP contribution in [0.1, 0.15) is 42.0 Å². The fourth-order valence-electron chi connectivity index (χ4n) is 4.25.